The number of benzene rings is 1. The molecule has 9 nitrogen and oxygen atoms in total. The number of morpholine rings is 1. The fraction of sp³-hybridized carbons (Fsp3) is 0.500. The number of methoxy groups -OCH3 is 1. The molecule has 2 fully saturated rings. The fourth-order valence-corrected chi connectivity index (χ4v) is 6.01. The van der Waals surface area contributed by atoms with Crippen LogP contribution in [0, 0.1) is 0 Å². The molecule has 4 rings (SSSR count). The second-order valence-electron chi connectivity index (χ2n) is 8.85. The molecule has 2 aromatic rings. The van der Waals surface area contributed by atoms with Gasteiger partial charge in [0.1, 0.15) is 11.6 Å². The van der Waals surface area contributed by atoms with Gasteiger partial charge in [0.2, 0.25) is 10.0 Å². The minimum Gasteiger partial charge on any atom is -0.495 e. The lowest BCUT2D eigenvalue weighted by Gasteiger charge is -2.36. The number of anilines is 2. The van der Waals surface area contributed by atoms with Gasteiger partial charge < -0.3 is 19.7 Å². The van der Waals surface area contributed by atoms with Crippen molar-refractivity contribution in [1.29, 1.82) is 0 Å². The molecule has 34 heavy (non-hydrogen) atoms. The minimum atomic E-state index is -3.64. The number of piperidine rings is 1. The highest BCUT2D eigenvalue weighted by Crippen LogP contribution is 2.30. The van der Waals surface area contributed by atoms with Crippen molar-refractivity contribution < 1.29 is 22.7 Å². The van der Waals surface area contributed by atoms with Crippen molar-refractivity contribution in [3.05, 3.63) is 42.1 Å². The lowest BCUT2D eigenvalue weighted by molar-refractivity contribution is -0.00546. The second kappa shape index (κ2) is 10.3. The molecule has 0 aliphatic carbocycles. The molecule has 184 valence electrons. The van der Waals surface area contributed by atoms with Gasteiger partial charge in [-0.1, -0.05) is 6.42 Å². The Balaban J connectivity index is 1.51. The zero-order valence-corrected chi connectivity index (χ0v) is 20.7. The number of carbonyl (C=O) groups excluding carboxylic acids is 1. The van der Waals surface area contributed by atoms with Crippen LogP contribution in [-0.4, -0.2) is 69.1 Å². The maximum Gasteiger partial charge on any atom is 0.257 e. The van der Waals surface area contributed by atoms with Gasteiger partial charge >= 0.3 is 0 Å². The first kappa shape index (κ1) is 24.4. The van der Waals surface area contributed by atoms with E-state index in [-0.39, 0.29) is 17.1 Å². The minimum absolute atomic E-state index is 0.106. The quantitative estimate of drug-likeness (QED) is 0.667. The van der Waals surface area contributed by atoms with Gasteiger partial charge in [-0.15, -0.1) is 0 Å². The molecule has 2 aliphatic rings. The number of nitrogens with zero attached hydrogens (tertiary/aromatic N) is 3. The summed E-state index contributed by atoms with van der Waals surface area (Å²) < 4.78 is 38.8. The van der Waals surface area contributed by atoms with Crippen LogP contribution in [0.4, 0.5) is 11.5 Å². The molecule has 1 N–H and O–H groups in total. The fourth-order valence-electron chi connectivity index (χ4n) is 4.47. The van der Waals surface area contributed by atoms with Crippen LogP contribution in [-0.2, 0) is 14.8 Å². The SMILES string of the molecule is COc1ccc(S(=O)(=O)N2CCCCC2)cc1NC(=O)c1ccc(N2CC(C)OC(C)C2)nc1. The van der Waals surface area contributed by atoms with Crippen molar-refractivity contribution in [2.24, 2.45) is 0 Å². The summed E-state index contributed by atoms with van der Waals surface area (Å²) in [6.45, 7) is 6.54. The maximum atomic E-state index is 13.1. The van der Waals surface area contributed by atoms with Gasteiger partial charge in [0.15, 0.2) is 0 Å². The Hall–Kier alpha value is -2.69. The Morgan fingerprint density at radius 2 is 1.79 bits per heavy atom. The maximum absolute atomic E-state index is 13.1. The lowest BCUT2D eigenvalue weighted by Crippen LogP contribution is -2.45. The molecule has 0 spiro atoms. The summed E-state index contributed by atoms with van der Waals surface area (Å²) in [6, 6.07) is 8.06. The smallest absolute Gasteiger partial charge is 0.257 e. The molecule has 3 heterocycles. The molecule has 2 atom stereocenters. The first-order valence-electron chi connectivity index (χ1n) is 11.6. The molecule has 1 amide bonds. The number of hydrogen-bond acceptors (Lipinski definition) is 7. The van der Waals surface area contributed by atoms with Crippen molar-refractivity contribution in [2.45, 2.75) is 50.2 Å². The van der Waals surface area contributed by atoms with E-state index in [1.165, 1.54) is 29.7 Å². The van der Waals surface area contributed by atoms with Crippen LogP contribution in [0.15, 0.2) is 41.4 Å². The van der Waals surface area contributed by atoms with Gasteiger partial charge in [0, 0.05) is 32.4 Å². The molecule has 1 aromatic heterocycles. The molecule has 0 bridgehead atoms. The summed E-state index contributed by atoms with van der Waals surface area (Å²) in [7, 11) is -2.16. The number of pyridine rings is 1. The van der Waals surface area contributed by atoms with E-state index in [1.807, 2.05) is 19.9 Å². The monoisotopic (exact) mass is 488 g/mol. The number of nitrogens with one attached hydrogen (secondary N) is 1. The van der Waals surface area contributed by atoms with Crippen LogP contribution in [0.5, 0.6) is 5.75 Å². The van der Waals surface area contributed by atoms with Crippen molar-refractivity contribution in [3.8, 4) is 5.75 Å². The molecule has 0 saturated carbocycles. The third-order valence-electron chi connectivity index (χ3n) is 6.13. The molecule has 2 unspecified atom stereocenters. The van der Waals surface area contributed by atoms with Crippen molar-refractivity contribution >= 4 is 27.4 Å². The zero-order chi connectivity index (χ0) is 24.3. The molecule has 0 radical (unpaired) electrons. The van der Waals surface area contributed by atoms with E-state index < -0.39 is 15.9 Å². The van der Waals surface area contributed by atoms with Crippen LogP contribution < -0.4 is 15.0 Å². The number of rotatable bonds is 6. The third-order valence-corrected chi connectivity index (χ3v) is 8.02. The number of carbonyl (C=O) groups is 1. The highest BCUT2D eigenvalue weighted by atomic mass is 32.2. The van der Waals surface area contributed by atoms with E-state index in [4.69, 9.17) is 9.47 Å². The Labute approximate surface area is 201 Å². The average molecular weight is 489 g/mol. The highest BCUT2D eigenvalue weighted by Gasteiger charge is 2.27. The van der Waals surface area contributed by atoms with E-state index in [0.29, 0.717) is 30.1 Å². The van der Waals surface area contributed by atoms with Crippen LogP contribution in [0.25, 0.3) is 0 Å². The van der Waals surface area contributed by atoms with E-state index in [1.54, 1.807) is 12.1 Å². The summed E-state index contributed by atoms with van der Waals surface area (Å²) in [5.41, 5.74) is 0.662. The summed E-state index contributed by atoms with van der Waals surface area (Å²) in [6.07, 6.45) is 4.47. The van der Waals surface area contributed by atoms with Crippen LogP contribution in [0.1, 0.15) is 43.5 Å². The molecule has 1 aromatic carbocycles. The number of aromatic nitrogens is 1. The molecular formula is C24H32N4O5S. The van der Waals surface area contributed by atoms with Gasteiger partial charge in [0.05, 0.1) is 35.5 Å². The molecule has 2 saturated heterocycles. The first-order valence-corrected chi connectivity index (χ1v) is 13.1. The Bertz CT molecular complexity index is 1110. The standard InChI is InChI=1S/C24H32N4O5S/c1-17-15-27(16-18(2)33-17)23-10-7-19(14-25-23)24(29)26-21-13-20(8-9-22(21)32-3)34(30,31)28-11-5-4-6-12-28/h7-10,13-14,17-18H,4-6,11-12,15-16H2,1-3H3,(H,26,29). The summed E-state index contributed by atoms with van der Waals surface area (Å²) in [5.74, 6) is 0.770. The third kappa shape index (κ3) is 5.34. The van der Waals surface area contributed by atoms with E-state index >= 15 is 0 Å². The second-order valence-corrected chi connectivity index (χ2v) is 10.8. The zero-order valence-electron chi connectivity index (χ0n) is 19.9. The predicted octanol–water partition coefficient (Wildman–Crippen LogP) is 3.13. The van der Waals surface area contributed by atoms with Crippen LogP contribution >= 0.6 is 0 Å². The number of sulfonamides is 1. The van der Waals surface area contributed by atoms with E-state index in [2.05, 4.69) is 15.2 Å². The average Bonchev–Trinajstić information content (AvgIpc) is 2.84. The van der Waals surface area contributed by atoms with Crippen molar-refractivity contribution in [3.63, 3.8) is 0 Å². The largest absolute Gasteiger partial charge is 0.495 e. The van der Waals surface area contributed by atoms with Gasteiger partial charge in [-0.2, -0.15) is 4.31 Å². The Kier molecular flexibility index (Phi) is 7.39. The number of ether oxygens (including phenoxy) is 2. The molecule has 10 heteroatoms. The summed E-state index contributed by atoms with van der Waals surface area (Å²) >= 11 is 0. The normalized spacial score (nSPS) is 21.8. The van der Waals surface area contributed by atoms with Gasteiger partial charge in [0.25, 0.3) is 5.91 Å². The summed E-state index contributed by atoms with van der Waals surface area (Å²) in [4.78, 5) is 19.7. The van der Waals surface area contributed by atoms with Gasteiger partial charge in [-0.25, -0.2) is 13.4 Å². The van der Waals surface area contributed by atoms with E-state index in [0.717, 1.165) is 38.2 Å². The predicted molar refractivity (Wildman–Crippen MR) is 130 cm³/mol. The molecular weight excluding hydrogens is 456 g/mol. The lowest BCUT2D eigenvalue weighted by atomic mass is 10.2. The van der Waals surface area contributed by atoms with Crippen molar-refractivity contribution in [2.75, 3.05) is 43.5 Å². The number of amides is 1. The Morgan fingerprint density at radius 3 is 2.41 bits per heavy atom. The summed E-state index contributed by atoms with van der Waals surface area (Å²) in [5, 5.41) is 2.79. The van der Waals surface area contributed by atoms with E-state index in [9.17, 15) is 13.2 Å². The van der Waals surface area contributed by atoms with Gasteiger partial charge in [-0.05, 0) is 57.0 Å². The highest BCUT2D eigenvalue weighted by molar-refractivity contribution is 7.89. The van der Waals surface area contributed by atoms with Gasteiger partial charge in [-0.3, -0.25) is 4.79 Å². The number of hydrogen-bond donors (Lipinski definition) is 1. The van der Waals surface area contributed by atoms with Crippen LogP contribution in [0.2, 0.25) is 0 Å². The Morgan fingerprint density at radius 1 is 1.09 bits per heavy atom. The topological polar surface area (TPSA) is 101 Å². The van der Waals surface area contributed by atoms with Crippen molar-refractivity contribution in [1.82, 2.24) is 9.29 Å². The van der Waals surface area contributed by atoms with Crippen LogP contribution in [0.3, 0.4) is 0 Å². The molecule has 2 aliphatic heterocycles. The first-order chi connectivity index (χ1) is 16.3.